The Hall–Kier alpha value is -1.35. The van der Waals surface area contributed by atoms with Crippen LogP contribution in [0.1, 0.15) is 36.5 Å². The molecule has 0 radical (unpaired) electrons. The number of hydrogen-bond acceptors (Lipinski definition) is 3. The summed E-state index contributed by atoms with van der Waals surface area (Å²) >= 11 is 0. The Balaban J connectivity index is 2.69. The highest BCUT2D eigenvalue weighted by Crippen LogP contribution is 2.13. The fourth-order valence-corrected chi connectivity index (χ4v) is 2.06. The molecule has 3 heteroatoms. The molecule has 1 aromatic carbocycles. The maximum absolute atomic E-state index is 11.4. The van der Waals surface area contributed by atoms with Crippen LogP contribution in [0.5, 0.6) is 0 Å². The minimum absolute atomic E-state index is 0.148. The van der Waals surface area contributed by atoms with Gasteiger partial charge in [0.1, 0.15) is 0 Å². The molecule has 0 saturated carbocycles. The zero-order valence-electron chi connectivity index (χ0n) is 12.5. The van der Waals surface area contributed by atoms with E-state index in [0.717, 1.165) is 19.4 Å². The van der Waals surface area contributed by atoms with Crippen molar-refractivity contribution in [2.75, 3.05) is 13.7 Å². The van der Waals surface area contributed by atoms with Gasteiger partial charge in [-0.25, -0.2) is 0 Å². The highest BCUT2D eigenvalue weighted by Gasteiger charge is 2.14. The molecule has 0 fully saturated rings. The molecule has 1 rings (SSSR count). The van der Waals surface area contributed by atoms with Crippen molar-refractivity contribution in [3.05, 3.63) is 34.9 Å². The molecule has 1 aromatic rings. The topological polar surface area (TPSA) is 38.3 Å². The molecule has 0 aromatic heterocycles. The molecule has 1 atom stereocenters. The average molecular weight is 263 g/mol. The molecule has 0 aliphatic heterocycles. The van der Waals surface area contributed by atoms with Crippen molar-refractivity contribution in [1.82, 2.24) is 5.32 Å². The van der Waals surface area contributed by atoms with Crippen LogP contribution in [0.4, 0.5) is 0 Å². The summed E-state index contributed by atoms with van der Waals surface area (Å²) in [6.07, 6.45) is 2.34. The van der Waals surface area contributed by atoms with Crippen LogP contribution in [0.3, 0.4) is 0 Å². The van der Waals surface area contributed by atoms with Crippen LogP contribution in [0.2, 0.25) is 0 Å². The predicted octanol–water partition coefficient (Wildman–Crippen LogP) is 2.78. The number of ether oxygens (including phenoxy) is 1. The molecule has 3 nitrogen and oxygen atoms in total. The van der Waals surface area contributed by atoms with Crippen molar-refractivity contribution in [2.45, 2.75) is 46.1 Å². The van der Waals surface area contributed by atoms with Gasteiger partial charge in [0, 0.05) is 6.04 Å². The minimum atomic E-state index is -0.155. The Kier molecular flexibility index (Phi) is 6.57. The number of rotatable bonds is 7. The van der Waals surface area contributed by atoms with Gasteiger partial charge in [0.15, 0.2) is 0 Å². The second kappa shape index (κ2) is 7.95. The molecule has 0 saturated heterocycles. The van der Waals surface area contributed by atoms with Crippen molar-refractivity contribution in [2.24, 2.45) is 0 Å². The summed E-state index contributed by atoms with van der Waals surface area (Å²) in [5, 5.41) is 3.42. The number of hydrogen-bond donors (Lipinski definition) is 1. The largest absolute Gasteiger partial charge is 0.469 e. The first kappa shape index (κ1) is 15.7. The van der Waals surface area contributed by atoms with E-state index in [4.69, 9.17) is 4.74 Å². The lowest BCUT2D eigenvalue weighted by molar-refractivity contribution is -0.141. The summed E-state index contributed by atoms with van der Waals surface area (Å²) in [5.41, 5.74) is 3.86. The minimum Gasteiger partial charge on any atom is -0.469 e. The predicted molar refractivity (Wildman–Crippen MR) is 78.3 cm³/mol. The lowest BCUT2D eigenvalue weighted by Crippen LogP contribution is -2.34. The molecule has 0 heterocycles. The SMILES string of the molecule is CCCNC(CC(=O)OC)Cc1ccc(C)c(C)c1. The van der Waals surface area contributed by atoms with E-state index in [2.05, 4.69) is 44.3 Å². The standard InChI is InChI=1S/C16H25NO2/c1-5-8-17-15(11-16(18)19-4)10-14-7-6-12(2)13(3)9-14/h6-7,9,15,17H,5,8,10-11H2,1-4H3. The second-order valence-corrected chi connectivity index (χ2v) is 5.05. The van der Waals surface area contributed by atoms with E-state index in [1.165, 1.54) is 23.8 Å². The number of methoxy groups -OCH3 is 1. The van der Waals surface area contributed by atoms with Crippen molar-refractivity contribution in [1.29, 1.82) is 0 Å². The lowest BCUT2D eigenvalue weighted by Gasteiger charge is -2.18. The summed E-state index contributed by atoms with van der Waals surface area (Å²) in [6.45, 7) is 7.28. The second-order valence-electron chi connectivity index (χ2n) is 5.05. The van der Waals surface area contributed by atoms with Crippen LogP contribution in [-0.4, -0.2) is 25.7 Å². The molecule has 0 aliphatic rings. The van der Waals surface area contributed by atoms with E-state index in [1.54, 1.807) is 0 Å². The van der Waals surface area contributed by atoms with Crippen molar-refractivity contribution < 1.29 is 9.53 Å². The normalized spacial score (nSPS) is 12.2. The van der Waals surface area contributed by atoms with Crippen molar-refractivity contribution in [3.63, 3.8) is 0 Å². The first-order valence-corrected chi connectivity index (χ1v) is 6.93. The Bertz CT molecular complexity index is 415. The molecule has 1 unspecified atom stereocenters. The summed E-state index contributed by atoms with van der Waals surface area (Å²) in [5.74, 6) is -0.155. The summed E-state index contributed by atoms with van der Waals surface area (Å²) in [4.78, 5) is 11.4. The van der Waals surface area contributed by atoms with E-state index in [-0.39, 0.29) is 12.0 Å². The third-order valence-electron chi connectivity index (χ3n) is 3.38. The fourth-order valence-electron chi connectivity index (χ4n) is 2.06. The van der Waals surface area contributed by atoms with Crippen molar-refractivity contribution in [3.8, 4) is 0 Å². The Labute approximate surface area is 116 Å². The Morgan fingerprint density at radius 3 is 2.63 bits per heavy atom. The quantitative estimate of drug-likeness (QED) is 0.769. The molecule has 0 bridgehead atoms. The number of esters is 1. The van der Waals surface area contributed by atoms with Crippen LogP contribution < -0.4 is 5.32 Å². The molecule has 0 spiro atoms. The fraction of sp³-hybridized carbons (Fsp3) is 0.562. The van der Waals surface area contributed by atoms with Crippen LogP contribution in [0.25, 0.3) is 0 Å². The zero-order chi connectivity index (χ0) is 14.3. The number of carbonyl (C=O) groups excluding carboxylic acids is 1. The number of carbonyl (C=O) groups is 1. The molecular weight excluding hydrogens is 238 g/mol. The van der Waals surface area contributed by atoms with E-state index in [0.29, 0.717) is 6.42 Å². The van der Waals surface area contributed by atoms with Crippen LogP contribution in [-0.2, 0) is 16.0 Å². The summed E-state index contributed by atoms with van der Waals surface area (Å²) in [6, 6.07) is 6.63. The van der Waals surface area contributed by atoms with Gasteiger partial charge in [-0.1, -0.05) is 25.1 Å². The lowest BCUT2D eigenvalue weighted by atomic mass is 9.99. The molecule has 1 N–H and O–H groups in total. The van der Waals surface area contributed by atoms with Gasteiger partial charge in [-0.15, -0.1) is 0 Å². The molecule has 0 aliphatic carbocycles. The van der Waals surface area contributed by atoms with E-state index in [1.807, 2.05) is 0 Å². The van der Waals surface area contributed by atoms with Gasteiger partial charge < -0.3 is 10.1 Å². The van der Waals surface area contributed by atoms with E-state index < -0.39 is 0 Å². The highest BCUT2D eigenvalue weighted by molar-refractivity contribution is 5.70. The van der Waals surface area contributed by atoms with Gasteiger partial charge in [0.2, 0.25) is 0 Å². The third kappa shape index (κ3) is 5.43. The van der Waals surface area contributed by atoms with Gasteiger partial charge in [-0.3, -0.25) is 4.79 Å². The smallest absolute Gasteiger partial charge is 0.307 e. The maximum Gasteiger partial charge on any atom is 0.307 e. The molecule has 0 amide bonds. The average Bonchev–Trinajstić information content (AvgIpc) is 2.40. The first-order valence-electron chi connectivity index (χ1n) is 6.93. The van der Waals surface area contributed by atoms with Gasteiger partial charge in [-0.2, -0.15) is 0 Å². The Morgan fingerprint density at radius 1 is 1.32 bits per heavy atom. The zero-order valence-corrected chi connectivity index (χ0v) is 12.5. The van der Waals surface area contributed by atoms with Gasteiger partial charge in [-0.05, 0) is 49.9 Å². The van der Waals surface area contributed by atoms with E-state index >= 15 is 0 Å². The monoisotopic (exact) mass is 263 g/mol. The molecule has 19 heavy (non-hydrogen) atoms. The first-order chi connectivity index (χ1) is 9.06. The summed E-state index contributed by atoms with van der Waals surface area (Å²) < 4.78 is 4.76. The highest BCUT2D eigenvalue weighted by atomic mass is 16.5. The number of benzene rings is 1. The number of aryl methyl sites for hydroxylation is 2. The van der Waals surface area contributed by atoms with Crippen LogP contribution in [0.15, 0.2) is 18.2 Å². The van der Waals surface area contributed by atoms with E-state index in [9.17, 15) is 4.79 Å². The van der Waals surface area contributed by atoms with Crippen LogP contribution in [0, 0.1) is 13.8 Å². The third-order valence-corrected chi connectivity index (χ3v) is 3.38. The summed E-state index contributed by atoms with van der Waals surface area (Å²) in [7, 11) is 1.44. The van der Waals surface area contributed by atoms with Gasteiger partial charge >= 0.3 is 5.97 Å². The van der Waals surface area contributed by atoms with Crippen LogP contribution >= 0.6 is 0 Å². The Morgan fingerprint density at radius 2 is 2.05 bits per heavy atom. The molecule has 106 valence electrons. The van der Waals surface area contributed by atoms with Gasteiger partial charge in [0.25, 0.3) is 0 Å². The van der Waals surface area contributed by atoms with Gasteiger partial charge in [0.05, 0.1) is 13.5 Å². The number of nitrogens with one attached hydrogen (secondary N) is 1. The molecular formula is C16H25NO2. The maximum atomic E-state index is 11.4. The van der Waals surface area contributed by atoms with Crippen molar-refractivity contribution >= 4 is 5.97 Å².